The van der Waals surface area contributed by atoms with Crippen molar-refractivity contribution in [3.63, 3.8) is 0 Å². The summed E-state index contributed by atoms with van der Waals surface area (Å²) in [4.78, 5) is 33.1. The smallest absolute Gasteiger partial charge is 0.413 e. The Bertz CT molecular complexity index is 1240. The first kappa shape index (κ1) is 21.7. The van der Waals surface area contributed by atoms with Gasteiger partial charge in [-0.05, 0) is 34.9 Å². The van der Waals surface area contributed by atoms with E-state index in [4.69, 9.17) is 9.47 Å². The van der Waals surface area contributed by atoms with Crippen LogP contribution in [-0.2, 0) is 16.1 Å². The second-order valence-corrected chi connectivity index (χ2v) is 7.12. The number of carbonyl (C=O) groups excluding carboxylic acids is 2. The number of rotatable bonds is 6. The fourth-order valence-corrected chi connectivity index (χ4v) is 3.21. The van der Waals surface area contributed by atoms with Crippen LogP contribution in [0.1, 0.15) is 15.9 Å². The molecule has 0 aliphatic carbocycles. The highest BCUT2D eigenvalue weighted by Gasteiger charge is 2.14. The molecule has 1 N–H and O–H groups in total. The normalized spacial score (nSPS) is 10.3. The molecule has 4 rings (SSSR count). The number of nitrogens with one attached hydrogen (secondary N) is 1. The van der Waals surface area contributed by atoms with Crippen LogP contribution in [0.4, 0.5) is 10.6 Å². The summed E-state index contributed by atoms with van der Waals surface area (Å²) in [6, 6.07) is 23.9. The Morgan fingerprint density at radius 3 is 2.33 bits per heavy atom. The number of pyridine rings is 2. The number of nitrogens with zero attached hydrogens (tertiary/aromatic N) is 2. The average molecular weight is 439 g/mol. The Hall–Kier alpha value is -4.52. The first-order valence-electron chi connectivity index (χ1n) is 10.2. The minimum Gasteiger partial charge on any atom is -0.465 e. The topological polar surface area (TPSA) is 90.4 Å². The van der Waals surface area contributed by atoms with Gasteiger partial charge in [-0.1, -0.05) is 60.7 Å². The summed E-state index contributed by atoms with van der Waals surface area (Å²) < 4.78 is 10.1. The molecular formula is C26H21N3O4. The monoisotopic (exact) mass is 439 g/mol. The number of anilines is 1. The molecule has 164 valence electrons. The minimum absolute atomic E-state index is 0.117. The van der Waals surface area contributed by atoms with Gasteiger partial charge in [0.15, 0.2) is 0 Å². The molecule has 0 saturated heterocycles. The Kier molecular flexibility index (Phi) is 6.70. The minimum atomic E-state index is -0.675. The van der Waals surface area contributed by atoms with Crippen molar-refractivity contribution in [2.24, 2.45) is 0 Å². The van der Waals surface area contributed by atoms with Gasteiger partial charge in [0.1, 0.15) is 12.4 Å². The van der Waals surface area contributed by atoms with Crippen molar-refractivity contribution < 1.29 is 19.1 Å². The van der Waals surface area contributed by atoms with Gasteiger partial charge < -0.3 is 9.47 Å². The second kappa shape index (κ2) is 10.2. The third-order valence-corrected chi connectivity index (χ3v) is 4.86. The van der Waals surface area contributed by atoms with Gasteiger partial charge in [-0.3, -0.25) is 10.3 Å². The van der Waals surface area contributed by atoms with Crippen molar-refractivity contribution in [2.75, 3.05) is 12.4 Å². The lowest BCUT2D eigenvalue weighted by Gasteiger charge is -2.11. The molecule has 7 heteroatoms. The van der Waals surface area contributed by atoms with Gasteiger partial charge in [0.2, 0.25) is 0 Å². The zero-order chi connectivity index (χ0) is 23.0. The van der Waals surface area contributed by atoms with E-state index in [2.05, 4.69) is 15.3 Å². The van der Waals surface area contributed by atoms with Crippen molar-refractivity contribution in [2.45, 2.75) is 6.61 Å². The standard InChI is InChI=1S/C26H21N3O4/c1-32-25(30)22-14-23(20-11-9-19(10-12-20)21-8-5-13-27-16-21)28-24(15-22)29-26(31)33-17-18-6-3-2-4-7-18/h2-16H,17H2,1H3,(H,28,29,31). The summed E-state index contributed by atoms with van der Waals surface area (Å²) >= 11 is 0. The maximum absolute atomic E-state index is 12.3. The molecule has 0 aliphatic heterocycles. The largest absolute Gasteiger partial charge is 0.465 e. The summed E-state index contributed by atoms with van der Waals surface area (Å²) in [7, 11) is 1.30. The van der Waals surface area contributed by atoms with E-state index in [1.807, 2.05) is 66.7 Å². The van der Waals surface area contributed by atoms with Crippen molar-refractivity contribution in [3.05, 3.63) is 102 Å². The van der Waals surface area contributed by atoms with E-state index in [9.17, 15) is 9.59 Å². The maximum atomic E-state index is 12.3. The van der Waals surface area contributed by atoms with Crippen LogP contribution in [0, 0.1) is 0 Å². The highest BCUT2D eigenvalue weighted by Crippen LogP contribution is 2.25. The zero-order valence-corrected chi connectivity index (χ0v) is 17.9. The summed E-state index contributed by atoms with van der Waals surface area (Å²) in [6.45, 7) is 0.117. The van der Waals surface area contributed by atoms with Crippen LogP contribution in [0.2, 0.25) is 0 Å². The number of esters is 1. The number of aromatic nitrogens is 2. The highest BCUT2D eigenvalue weighted by atomic mass is 16.5. The number of hydrogen-bond donors (Lipinski definition) is 1. The highest BCUT2D eigenvalue weighted by molar-refractivity contribution is 5.93. The van der Waals surface area contributed by atoms with E-state index in [0.717, 1.165) is 22.3 Å². The van der Waals surface area contributed by atoms with Gasteiger partial charge in [0.25, 0.3) is 0 Å². The van der Waals surface area contributed by atoms with Crippen molar-refractivity contribution in [3.8, 4) is 22.4 Å². The molecule has 4 aromatic rings. The zero-order valence-electron chi connectivity index (χ0n) is 17.9. The molecule has 2 aromatic heterocycles. The first-order valence-corrected chi connectivity index (χ1v) is 10.2. The van der Waals surface area contributed by atoms with Gasteiger partial charge >= 0.3 is 12.1 Å². The van der Waals surface area contributed by atoms with Crippen LogP contribution in [0.5, 0.6) is 0 Å². The quantitative estimate of drug-likeness (QED) is 0.408. The lowest BCUT2D eigenvalue weighted by Crippen LogP contribution is -2.15. The van der Waals surface area contributed by atoms with E-state index in [1.54, 1.807) is 18.5 Å². The van der Waals surface area contributed by atoms with Crippen LogP contribution < -0.4 is 5.32 Å². The van der Waals surface area contributed by atoms with E-state index < -0.39 is 12.1 Å². The first-order chi connectivity index (χ1) is 16.1. The molecule has 0 radical (unpaired) electrons. The SMILES string of the molecule is COC(=O)c1cc(NC(=O)OCc2ccccc2)nc(-c2ccc(-c3cccnc3)cc2)c1. The van der Waals surface area contributed by atoms with Gasteiger partial charge in [0.05, 0.1) is 18.4 Å². The van der Waals surface area contributed by atoms with E-state index in [-0.39, 0.29) is 18.0 Å². The van der Waals surface area contributed by atoms with Gasteiger partial charge in [-0.25, -0.2) is 14.6 Å². The fraction of sp³-hybridized carbons (Fsp3) is 0.0769. The molecule has 0 saturated carbocycles. The summed E-state index contributed by atoms with van der Waals surface area (Å²) in [6.07, 6.45) is 2.83. The lowest BCUT2D eigenvalue weighted by atomic mass is 10.0. The molecule has 0 aliphatic rings. The molecule has 2 heterocycles. The third kappa shape index (κ3) is 5.59. The van der Waals surface area contributed by atoms with Crippen molar-refractivity contribution in [1.82, 2.24) is 9.97 Å². The molecule has 0 spiro atoms. The Morgan fingerprint density at radius 1 is 0.879 bits per heavy atom. The summed E-state index contributed by atoms with van der Waals surface area (Å²) in [5.41, 5.74) is 4.39. The number of amides is 1. The number of hydrogen-bond acceptors (Lipinski definition) is 6. The molecule has 0 bridgehead atoms. The lowest BCUT2D eigenvalue weighted by molar-refractivity contribution is 0.0600. The molecule has 2 aromatic carbocycles. The predicted molar refractivity (Wildman–Crippen MR) is 124 cm³/mol. The van der Waals surface area contributed by atoms with Gasteiger partial charge in [0, 0.05) is 18.0 Å². The molecular weight excluding hydrogens is 418 g/mol. The average Bonchev–Trinajstić information content (AvgIpc) is 2.88. The van der Waals surface area contributed by atoms with Crippen LogP contribution in [-0.4, -0.2) is 29.1 Å². The number of benzene rings is 2. The summed E-state index contributed by atoms with van der Waals surface area (Å²) in [5, 5.41) is 2.59. The third-order valence-electron chi connectivity index (χ3n) is 4.86. The molecule has 7 nitrogen and oxygen atoms in total. The van der Waals surface area contributed by atoms with Crippen LogP contribution in [0.25, 0.3) is 22.4 Å². The number of ether oxygens (including phenoxy) is 2. The maximum Gasteiger partial charge on any atom is 0.413 e. The fourth-order valence-electron chi connectivity index (χ4n) is 3.21. The van der Waals surface area contributed by atoms with Crippen molar-refractivity contribution >= 4 is 17.9 Å². The van der Waals surface area contributed by atoms with Gasteiger partial charge in [-0.15, -0.1) is 0 Å². The van der Waals surface area contributed by atoms with Gasteiger partial charge in [-0.2, -0.15) is 0 Å². The van der Waals surface area contributed by atoms with Crippen LogP contribution >= 0.6 is 0 Å². The molecule has 1 amide bonds. The molecule has 33 heavy (non-hydrogen) atoms. The van der Waals surface area contributed by atoms with Crippen LogP contribution in [0.3, 0.4) is 0 Å². The Morgan fingerprint density at radius 2 is 1.64 bits per heavy atom. The van der Waals surface area contributed by atoms with E-state index in [1.165, 1.54) is 13.2 Å². The summed E-state index contributed by atoms with van der Waals surface area (Å²) in [5.74, 6) is -0.353. The van der Waals surface area contributed by atoms with Crippen molar-refractivity contribution in [1.29, 1.82) is 0 Å². The molecule has 0 atom stereocenters. The van der Waals surface area contributed by atoms with E-state index in [0.29, 0.717) is 5.69 Å². The Labute approximate surface area is 191 Å². The Balaban J connectivity index is 1.56. The number of methoxy groups -OCH3 is 1. The molecule has 0 unspecified atom stereocenters. The van der Waals surface area contributed by atoms with E-state index >= 15 is 0 Å². The predicted octanol–water partition coefficient (Wildman–Crippen LogP) is 5.35. The second-order valence-electron chi connectivity index (χ2n) is 7.12. The van der Waals surface area contributed by atoms with Crippen LogP contribution in [0.15, 0.2) is 91.3 Å². The molecule has 0 fully saturated rings. The number of carbonyl (C=O) groups is 2.